The van der Waals surface area contributed by atoms with Gasteiger partial charge < -0.3 is 11.5 Å². The van der Waals surface area contributed by atoms with E-state index >= 15 is 0 Å². The molecule has 0 unspecified atom stereocenters. The molecule has 1 amide bonds. The van der Waals surface area contributed by atoms with Gasteiger partial charge in [0.15, 0.2) is 0 Å². The molecule has 0 fully saturated rings. The van der Waals surface area contributed by atoms with Crippen LogP contribution in [-0.4, -0.2) is 5.91 Å². The third-order valence-electron chi connectivity index (χ3n) is 3.12. The summed E-state index contributed by atoms with van der Waals surface area (Å²) in [6.45, 7) is -0.284. The van der Waals surface area contributed by atoms with E-state index < -0.39 is 17.6 Å². The van der Waals surface area contributed by atoms with Gasteiger partial charge in [0.25, 0.3) is 0 Å². The summed E-state index contributed by atoms with van der Waals surface area (Å²) in [5.41, 5.74) is 10.4. The van der Waals surface area contributed by atoms with Crippen LogP contribution < -0.4 is 11.5 Å². The molecule has 0 bridgehead atoms. The number of amides is 1. The van der Waals surface area contributed by atoms with Gasteiger partial charge in [-0.15, -0.1) is 0 Å². The molecule has 110 valence electrons. The molecule has 0 aliphatic heterocycles. The number of nitrogens with two attached hydrogens (primary N) is 2. The molecule has 0 saturated carbocycles. The largest absolute Gasteiger partial charge is 0.416 e. The van der Waals surface area contributed by atoms with E-state index in [0.29, 0.717) is 11.1 Å². The average Bonchev–Trinajstić information content (AvgIpc) is 2.45. The fourth-order valence-electron chi connectivity index (χ4n) is 2.14. The zero-order valence-electron chi connectivity index (χ0n) is 10.9. The monoisotopic (exact) mass is 294 g/mol. The minimum atomic E-state index is -4.59. The highest BCUT2D eigenvalue weighted by Gasteiger charge is 2.34. The third kappa shape index (κ3) is 3.05. The second-order valence-corrected chi connectivity index (χ2v) is 4.49. The van der Waals surface area contributed by atoms with Crippen LogP contribution >= 0.6 is 0 Å². The van der Waals surface area contributed by atoms with E-state index in [2.05, 4.69) is 0 Å². The maximum absolute atomic E-state index is 13.0. The lowest BCUT2D eigenvalue weighted by atomic mass is 9.93. The zero-order valence-corrected chi connectivity index (χ0v) is 10.9. The number of carbonyl (C=O) groups excluding carboxylic acids is 1. The second kappa shape index (κ2) is 5.57. The Morgan fingerprint density at radius 1 is 1.10 bits per heavy atom. The Hall–Kier alpha value is -2.34. The van der Waals surface area contributed by atoms with Gasteiger partial charge in [-0.3, -0.25) is 4.79 Å². The van der Waals surface area contributed by atoms with E-state index in [1.54, 1.807) is 30.3 Å². The molecule has 0 aromatic heterocycles. The average molecular weight is 294 g/mol. The van der Waals surface area contributed by atoms with Gasteiger partial charge >= 0.3 is 6.18 Å². The molecule has 0 saturated heterocycles. The van der Waals surface area contributed by atoms with Crippen molar-refractivity contribution in [3.05, 3.63) is 59.2 Å². The second-order valence-electron chi connectivity index (χ2n) is 4.49. The SMILES string of the molecule is NCc1cc(-c2ccccc2)c(C(N)=O)cc1C(F)(F)F. The van der Waals surface area contributed by atoms with Gasteiger partial charge in [-0.2, -0.15) is 13.2 Å². The Balaban J connectivity index is 2.74. The predicted molar refractivity (Wildman–Crippen MR) is 73.3 cm³/mol. The first kappa shape index (κ1) is 15.1. The van der Waals surface area contributed by atoms with Gasteiger partial charge in [0.2, 0.25) is 5.91 Å². The van der Waals surface area contributed by atoms with Crippen molar-refractivity contribution in [3.63, 3.8) is 0 Å². The van der Waals surface area contributed by atoms with E-state index in [1.165, 1.54) is 6.07 Å². The summed E-state index contributed by atoms with van der Waals surface area (Å²) in [4.78, 5) is 11.5. The van der Waals surface area contributed by atoms with E-state index in [4.69, 9.17) is 11.5 Å². The minimum Gasteiger partial charge on any atom is -0.366 e. The van der Waals surface area contributed by atoms with Crippen molar-refractivity contribution in [2.75, 3.05) is 0 Å². The predicted octanol–water partition coefficient (Wildman–Crippen LogP) is 2.93. The van der Waals surface area contributed by atoms with Crippen molar-refractivity contribution in [3.8, 4) is 11.1 Å². The summed E-state index contributed by atoms with van der Waals surface area (Å²) in [5.74, 6) is -0.914. The lowest BCUT2D eigenvalue weighted by molar-refractivity contribution is -0.138. The number of hydrogen-bond donors (Lipinski definition) is 2. The number of hydrogen-bond acceptors (Lipinski definition) is 2. The molecule has 0 atom stereocenters. The van der Waals surface area contributed by atoms with Crippen molar-refractivity contribution >= 4 is 5.91 Å². The third-order valence-corrected chi connectivity index (χ3v) is 3.12. The van der Waals surface area contributed by atoms with Gasteiger partial charge in [0, 0.05) is 12.1 Å². The lowest BCUT2D eigenvalue weighted by Gasteiger charge is -2.16. The first-order valence-electron chi connectivity index (χ1n) is 6.14. The van der Waals surface area contributed by atoms with Crippen molar-refractivity contribution in [1.82, 2.24) is 0 Å². The maximum atomic E-state index is 13.0. The van der Waals surface area contributed by atoms with Crippen LogP contribution in [-0.2, 0) is 12.7 Å². The van der Waals surface area contributed by atoms with Crippen LogP contribution in [0.2, 0.25) is 0 Å². The van der Waals surface area contributed by atoms with Crippen molar-refractivity contribution in [1.29, 1.82) is 0 Å². The quantitative estimate of drug-likeness (QED) is 0.913. The molecule has 0 radical (unpaired) electrons. The molecule has 6 heteroatoms. The van der Waals surface area contributed by atoms with Crippen molar-refractivity contribution in [2.45, 2.75) is 12.7 Å². The molecule has 2 rings (SSSR count). The van der Waals surface area contributed by atoms with Crippen LogP contribution in [0.4, 0.5) is 13.2 Å². The standard InChI is InChI=1S/C15H13F3N2O/c16-15(17,18)13-7-12(14(20)21)11(6-10(13)8-19)9-4-2-1-3-5-9/h1-7H,8,19H2,(H2,20,21). The van der Waals surface area contributed by atoms with E-state index in [-0.39, 0.29) is 17.7 Å². The first-order chi connectivity index (χ1) is 9.84. The molecular weight excluding hydrogens is 281 g/mol. The van der Waals surface area contributed by atoms with Crippen molar-refractivity contribution < 1.29 is 18.0 Å². The first-order valence-corrected chi connectivity index (χ1v) is 6.14. The molecule has 4 N–H and O–H groups in total. The number of alkyl halides is 3. The molecule has 0 aliphatic rings. The summed E-state index contributed by atoms with van der Waals surface area (Å²) in [6.07, 6.45) is -4.59. The Labute approximate surface area is 119 Å². The number of halogens is 3. The zero-order chi connectivity index (χ0) is 15.6. The highest BCUT2D eigenvalue weighted by atomic mass is 19.4. The van der Waals surface area contributed by atoms with Gasteiger partial charge in [-0.1, -0.05) is 30.3 Å². The van der Waals surface area contributed by atoms with Crippen LogP contribution in [0.1, 0.15) is 21.5 Å². The number of benzene rings is 2. The molecule has 2 aromatic rings. The fourth-order valence-corrected chi connectivity index (χ4v) is 2.14. The minimum absolute atomic E-state index is 0.0775. The molecule has 2 aromatic carbocycles. The van der Waals surface area contributed by atoms with Crippen LogP contribution in [0, 0.1) is 0 Å². The number of primary amides is 1. The van der Waals surface area contributed by atoms with E-state index in [1.807, 2.05) is 0 Å². The normalized spacial score (nSPS) is 11.4. The van der Waals surface area contributed by atoms with E-state index in [9.17, 15) is 18.0 Å². The number of rotatable bonds is 3. The fraction of sp³-hybridized carbons (Fsp3) is 0.133. The molecule has 0 spiro atoms. The maximum Gasteiger partial charge on any atom is 0.416 e. The smallest absolute Gasteiger partial charge is 0.366 e. The Morgan fingerprint density at radius 2 is 1.71 bits per heavy atom. The van der Waals surface area contributed by atoms with Crippen molar-refractivity contribution in [2.24, 2.45) is 11.5 Å². The summed E-state index contributed by atoms with van der Waals surface area (Å²) >= 11 is 0. The molecule has 21 heavy (non-hydrogen) atoms. The highest BCUT2D eigenvalue weighted by molar-refractivity contribution is 6.00. The lowest BCUT2D eigenvalue weighted by Crippen LogP contribution is -2.18. The molecule has 3 nitrogen and oxygen atoms in total. The summed E-state index contributed by atoms with van der Waals surface area (Å²) in [7, 11) is 0. The topological polar surface area (TPSA) is 69.1 Å². The molecule has 0 heterocycles. The Bertz CT molecular complexity index is 667. The van der Waals surface area contributed by atoms with Gasteiger partial charge in [-0.05, 0) is 28.8 Å². The van der Waals surface area contributed by atoms with E-state index in [0.717, 1.165) is 6.07 Å². The summed E-state index contributed by atoms with van der Waals surface area (Å²) in [5, 5.41) is 0. The van der Waals surface area contributed by atoms with Crippen LogP contribution in [0.15, 0.2) is 42.5 Å². The van der Waals surface area contributed by atoms with Crippen LogP contribution in [0.3, 0.4) is 0 Å². The summed E-state index contributed by atoms with van der Waals surface area (Å²) in [6, 6.07) is 10.6. The van der Waals surface area contributed by atoms with Gasteiger partial charge in [0.1, 0.15) is 0 Å². The molecular formula is C15H13F3N2O. The Kier molecular flexibility index (Phi) is 3.99. The summed E-state index contributed by atoms with van der Waals surface area (Å²) < 4.78 is 39.0. The highest BCUT2D eigenvalue weighted by Crippen LogP contribution is 2.36. The van der Waals surface area contributed by atoms with Crippen LogP contribution in [0.25, 0.3) is 11.1 Å². The molecule has 0 aliphatic carbocycles. The van der Waals surface area contributed by atoms with Gasteiger partial charge in [-0.25, -0.2) is 0 Å². The van der Waals surface area contributed by atoms with Gasteiger partial charge in [0.05, 0.1) is 5.56 Å². The Morgan fingerprint density at radius 3 is 2.19 bits per heavy atom. The number of carbonyl (C=O) groups is 1. The van der Waals surface area contributed by atoms with Crippen LogP contribution in [0.5, 0.6) is 0 Å².